The molecule has 5 nitrogen and oxygen atoms in total. The molecule has 1 N–H and O–H groups in total. The van der Waals surface area contributed by atoms with Gasteiger partial charge >= 0.3 is 0 Å². The Labute approximate surface area is 190 Å². The van der Waals surface area contributed by atoms with E-state index in [0.29, 0.717) is 21.2 Å². The van der Waals surface area contributed by atoms with Crippen molar-refractivity contribution in [3.8, 4) is 0 Å². The summed E-state index contributed by atoms with van der Waals surface area (Å²) in [6, 6.07) is 16.3. The van der Waals surface area contributed by atoms with Gasteiger partial charge in [0, 0.05) is 22.3 Å². The van der Waals surface area contributed by atoms with Crippen molar-refractivity contribution in [2.24, 2.45) is 0 Å². The van der Waals surface area contributed by atoms with Gasteiger partial charge in [-0.1, -0.05) is 41.4 Å². The van der Waals surface area contributed by atoms with Crippen molar-refractivity contribution in [2.75, 3.05) is 11.9 Å². The van der Waals surface area contributed by atoms with Gasteiger partial charge in [0.1, 0.15) is 5.82 Å². The molecule has 3 rings (SSSR count). The number of sulfonamides is 1. The van der Waals surface area contributed by atoms with Gasteiger partial charge in [0.2, 0.25) is 15.9 Å². The molecule has 0 aliphatic rings. The predicted octanol–water partition coefficient (Wildman–Crippen LogP) is 5.27. The Kier molecular flexibility index (Phi) is 7.33. The van der Waals surface area contributed by atoms with Crippen LogP contribution in [0.5, 0.6) is 0 Å². The van der Waals surface area contributed by atoms with Gasteiger partial charge in [-0.2, -0.15) is 4.31 Å². The minimum Gasteiger partial charge on any atom is -0.325 e. The standard InChI is InChI=1S/C22H19Cl2FN2O3S/c1-15-2-9-19(25)12-21(15)26-22(28)14-27(13-16-3-5-17(23)6-4-16)31(29,30)20-10-7-18(24)8-11-20/h2-12H,13-14H2,1H3,(H,26,28). The van der Waals surface area contributed by atoms with Crippen LogP contribution in [0.15, 0.2) is 71.6 Å². The van der Waals surface area contributed by atoms with Crippen molar-refractivity contribution in [1.82, 2.24) is 4.31 Å². The highest BCUT2D eigenvalue weighted by Gasteiger charge is 2.27. The van der Waals surface area contributed by atoms with Crippen molar-refractivity contribution in [3.05, 3.63) is 93.7 Å². The van der Waals surface area contributed by atoms with Gasteiger partial charge in [-0.3, -0.25) is 4.79 Å². The smallest absolute Gasteiger partial charge is 0.243 e. The molecule has 0 saturated heterocycles. The number of carbonyl (C=O) groups excluding carboxylic acids is 1. The molecule has 0 unspecified atom stereocenters. The number of hydrogen-bond acceptors (Lipinski definition) is 3. The topological polar surface area (TPSA) is 66.5 Å². The lowest BCUT2D eigenvalue weighted by Crippen LogP contribution is -2.37. The lowest BCUT2D eigenvalue weighted by atomic mass is 10.2. The first kappa shape index (κ1) is 23.2. The van der Waals surface area contributed by atoms with Gasteiger partial charge in [0.25, 0.3) is 0 Å². The third-order valence-electron chi connectivity index (χ3n) is 4.52. The second kappa shape index (κ2) is 9.78. The summed E-state index contributed by atoms with van der Waals surface area (Å²) in [6.07, 6.45) is 0. The molecule has 0 atom stereocenters. The van der Waals surface area contributed by atoms with E-state index in [1.165, 1.54) is 42.5 Å². The van der Waals surface area contributed by atoms with Gasteiger partial charge in [0.05, 0.1) is 11.4 Å². The van der Waals surface area contributed by atoms with Gasteiger partial charge in [-0.15, -0.1) is 0 Å². The molecular weight excluding hydrogens is 462 g/mol. The Balaban J connectivity index is 1.89. The molecule has 3 aromatic rings. The summed E-state index contributed by atoms with van der Waals surface area (Å²) in [7, 11) is -4.02. The Morgan fingerprint density at radius 2 is 1.55 bits per heavy atom. The number of halogens is 3. The average molecular weight is 481 g/mol. The summed E-state index contributed by atoms with van der Waals surface area (Å²) in [5.41, 5.74) is 1.58. The summed E-state index contributed by atoms with van der Waals surface area (Å²) in [5.74, 6) is -1.10. The minimum atomic E-state index is -4.02. The minimum absolute atomic E-state index is 0.000555. The molecule has 0 fully saturated rings. The number of aryl methyl sites for hydroxylation is 1. The van der Waals surface area contributed by atoms with Crippen LogP contribution in [-0.2, 0) is 21.4 Å². The lowest BCUT2D eigenvalue weighted by Gasteiger charge is -2.22. The summed E-state index contributed by atoms with van der Waals surface area (Å²) in [4.78, 5) is 12.7. The van der Waals surface area contributed by atoms with Crippen molar-refractivity contribution in [1.29, 1.82) is 0 Å². The monoisotopic (exact) mass is 480 g/mol. The fraction of sp³-hybridized carbons (Fsp3) is 0.136. The number of hydrogen-bond donors (Lipinski definition) is 1. The Morgan fingerprint density at radius 1 is 0.968 bits per heavy atom. The van der Waals surface area contributed by atoms with Gasteiger partial charge in [-0.05, 0) is 66.6 Å². The number of anilines is 1. The lowest BCUT2D eigenvalue weighted by molar-refractivity contribution is -0.116. The van der Waals surface area contributed by atoms with E-state index >= 15 is 0 Å². The second-order valence-corrected chi connectivity index (χ2v) is 9.67. The third kappa shape index (κ3) is 6.04. The van der Waals surface area contributed by atoms with E-state index in [2.05, 4.69) is 5.32 Å². The molecule has 162 valence electrons. The molecule has 0 radical (unpaired) electrons. The number of rotatable bonds is 7. The molecule has 0 saturated carbocycles. The molecule has 0 spiro atoms. The highest BCUT2D eigenvalue weighted by atomic mass is 35.5. The van der Waals surface area contributed by atoms with Crippen LogP contribution in [0, 0.1) is 12.7 Å². The van der Waals surface area contributed by atoms with E-state index in [4.69, 9.17) is 23.2 Å². The van der Waals surface area contributed by atoms with Crippen molar-refractivity contribution < 1.29 is 17.6 Å². The maximum Gasteiger partial charge on any atom is 0.243 e. The molecule has 0 aromatic heterocycles. The van der Waals surface area contributed by atoms with Crippen LogP contribution in [0.4, 0.5) is 10.1 Å². The zero-order valence-corrected chi connectivity index (χ0v) is 18.8. The van der Waals surface area contributed by atoms with Crippen LogP contribution in [0.3, 0.4) is 0 Å². The molecule has 0 heterocycles. The van der Waals surface area contributed by atoms with E-state index in [0.717, 1.165) is 4.31 Å². The fourth-order valence-electron chi connectivity index (χ4n) is 2.85. The van der Waals surface area contributed by atoms with Crippen LogP contribution in [0.2, 0.25) is 10.0 Å². The molecule has 9 heteroatoms. The summed E-state index contributed by atoms with van der Waals surface area (Å²) >= 11 is 11.8. The number of benzene rings is 3. The fourth-order valence-corrected chi connectivity index (χ4v) is 4.49. The molecule has 1 amide bonds. The first-order valence-corrected chi connectivity index (χ1v) is 11.4. The van der Waals surface area contributed by atoms with E-state index < -0.39 is 28.3 Å². The number of nitrogens with zero attached hydrogens (tertiary/aromatic N) is 1. The number of nitrogens with one attached hydrogen (secondary N) is 1. The van der Waals surface area contributed by atoms with Crippen molar-refractivity contribution in [2.45, 2.75) is 18.4 Å². The summed E-state index contributed by atoms with van der Waals surface area (Å²) in [5, 5.41) is 3.48. The van der Waals surface area contributed by atoms with E-state index in [1.54, 1.807) is 31.2 Å². The first-order valence-electron chi connectivity index (χ1n) is 9.21. The van der Waals surface area contributed by atoms with E-state index in [9.17, 15) is 17.6 Å². The van der Waals surface area contributed by atoms with Crippen LogP contribution in [0.1, 0.15) is 11.1 Å². The van der Waals surface area contributed by atoms with Gasteiger partial charge in [0.15, 0.2) is 0 Å². The average Bonchev–Trinajstić information content (AvgIpc) is 2.72. The highest BCUT2D eigenvalue weighted by Crippen LogP contribution is 2.22. The van der Waals surface area contributed by atoms with Gasteiger partial charge in [-0.25, -0.2) is 12.8 Å². The Bertz CT molecular complexity index is 1180. The highest BCUT2D eigenvalue weighted by molar-refractivity contribution is 7.89. The van der Waals surface area contributed by atoms with Crippen molar-refractivity contribution >= 4 is 44.8 Å². The zero-order valence-electron chi connectivity index (χ0n) is 16.5. The van der Waals surface area contributed by atoms with Crippen LogP contribution < -0.4 is 5.32 Å². The molecule has 0 bridgehead atoms. The molecule has 0 aliphatic carbocycles. The van der Waals surface area contributed by atoms with E-state index in [1.807, 2.05) is 0 Å². The Hall–Kier alpha value is -2.45. The quantitative estimate of drug-likeness (QED) is 0.500. The maximum atomic E-state index is 13.5. The maximum absolute atomic E-state index is 13.5. The first-order chi connectivity index (χ1) is 14.6. The second-order valence-electron chi connectivity index (χ2n) is 6.86. The molecule has 3 aromatic carbocycles. The zero-order chi connectivity index (χ0) is 22.6. The van der Waals surface area contributed by atoms with Crippen LogP contribution in [-0.4, -0.2) is 25.2 Å². The summed E-state index contributed by atoms with van der Waals surface area (Å²) in [6.45, 7) is 1.19. The SMILES string of the molecule is Cc1ccc(F)cc1NC(=O)CN(Cc1ccc(Cl)cc1)S(=O)(=O)c1ccc(Cl)cc1. The number of amides is 1. The summed E-state index contributed by atoms with van der Waals surface area (Å²) < 4.78 is 41.1. The van der Waals surface area contributed by atoms with Crippen LogP contribution >= 0.6 is 23.2 Å². The van der Waals surface area contributed by atoms with Crippen molar-refractivity contribution in [3.63, 3.8) is 0 Å². The molecule has 31 heavy (non-hydrogen) atoms. The van der Waals surface area contributed by atoms with Gasteiger partial charge < -0.3 is 5.32 Å². The normalized spacial score (nSPS) is 11.5. The number of carbonyl (C=O) groups is 1. The Morgan fingerprint density at radius 3 is 2.16 bits per heavy atom. The molecular formula is C22H19Cl2FN2O3S. The van der Waals surface area contributed by atoms with E-state index in [-0.39, 0.29) is 17.1 Å². The molecule has 0 aliphatic heterocycles. The third-order valence-corrected chi connectivity index (χ3v) is 6.83. The predicted molar refractivity (Wildman–Crippen MR) is 120 cm³/mol. The largest absolute Gasteiger partial charge is 0.325 e. The van der Waals surface area contributed by atoms with Crippen LogP contribution in [0.25, 0.3) is 0 Å².